The van der Waals surface area contributed by atoms with Crippen LogP contribution in [-0.2, 0) is 0 Å². The van der Waals surface area contributed by atoms with Gasteiger partial charge in [-0.15, -0.1) is 0 Å². The number of rotatable bonds is 2. The molecule has 0 aliphatic rings. The normalized spacial score (nSPS) is 9.36. The lowest BCUT2D eigenvalue weighted by Crippen LogP contribution is -2.10. The number of methoxy groups -OCH3 is 1. The van der Waals surface area contributed by atoms with Crippen LogP contribution in [0.15, 0.2) is 12.3 Å². The summed E-state index contributed by atoms with van der Waals surface area (Å²) < 4.78 is 6.03. The van der Waals surface area contributed by atoms with Crippen molar-refractivity contribution in [1.82, 2.24) is 4.98 Å². The molecular formula is C6H8IN3O. The monoisotopic (exact) mass is 265 g/mol. The first-order chi connectivity index (χ1) is 5.29. The van der Waals surface area contributed by atoms with Gasteiger partial charge < -0.3 is 10.2 Å². The van der Waals surface area contributed by atoms with Gasteiger partial charge in [0, 0.05) is 6.20 Å². The lowest BCUT2D eigenvalue weighted by molar-refractivity contribution is 0.412. The van der Waals surface area contributed by atoms with Gasteiger partial charge in [0.05, 0.1) is 10.7 Å². The number of hydrogen-bond donors (Lipinski definition) is 2. The fourth-order valence-electron chi connectivity index (χ4n) is 0.722. The van der Waals surface area contributed by atoms with E-state index in [1.165, 1.54) is 0 Å². The van der Waals surface area contributed by atoms with Gasteiger partial charge in [0.15, 0.2) is 11.6 Å². The van der Waals surface area contributed by atoms with Gasteiger partial charge in [-0.2, -0.15) is 0 Å². The molecule has 60 valence electrons. The molecule has 1 aromatic rings. The molecule has 1 rings (SSSR count). The zero-order valence-electron chi connectivity index (χ0n) is 5.97. The van der Waals surface area contributed by atoms with Gasteiger partial charge in [0.25, 0.3) is 0 Å². The van der Waals surface area contributed by atoms with Crippen LogP contribution >= 0.6 is 22.6 Å². The largest absolute Gasteiger partial charge is 0.492 e. The highest BCUT2D eigenvalue weighted by molar-refractivity contribution is 14.1. The number of pyridine rings is 1. The molecule has 0 radical (unpaired) electrons. The van der Waals surface area contributed by atoms with Crippen LogP contribution in [0.5, 0.6) is 5.75 Å². The van der Waals surface area contributed by atoms with Gasteiger partial charge in [-0.1, -0.05) is 0 Å². The number of anilines is 1. The first kappa shape index (κ1) is 8.54. The van der Waals surface area contributed by atoms with Crippen molar-refractivity contribution in [3.8, 4) is 5.75 Å². The number of halogens is 1. The van der Waals surface area contributed by atoms with Crippen molar-refractivity contribution in [2.75, 3.05) is 12.5 Å². The minimum atomic E-state index is 0.555. The molecule has 1 aromatic heterocycles. The third-order valence-electron chi connectivity index (χ3n) is 1.20. The fourth-order valence-corrected chi connectivity index (χ4v) is 1.36. The maximum atomic E-state index is 5.20. The van der Waals surface area contributed by atoms with E-state index < -0.39 is 0 Å². The molecule has 4 nitrogen and oxygen atoms in total. The molecule has 0 saturated heterocycles. The number of nitrogens with zero attached hydrogens (tertiary/aromatic N) is 1. The summed E-state index contributed by atoms with van der Waals surface area (Å²) >= 11 is 2.15. The van der Waals surface area contributed by atoms with Gasteiger partial charge >= 0.3 is 0 Å². The van der Waals surface area contributed by atoms with Gasteiger partial charge in [0.1, 0.15) is 0 Å². The SMILES string of the molecule is COc1c(I)ccnc1NN. The lowest BCUT2D eigenvalue weighted by atomic mass is 10.4. The van der Waals surface area contributed by atoms with Crippen molar-refractivity contribution in [2.45, 2.75) is 0 Å². The van der Waals surface area contributed by atoms with E-state index in [2.05, 4.69) is 33.0 Å². The molecule has 0 aliphatic carbocycles. The van der Waals surface area contributed by atoms with Crippen molar-refractivity contribution in [2.24, 2.45) is 5.84 Å². The number of aromatic nitrogens is 1. The summed E-state index contributed by atoms with van der Waals surface area (Å²) in [6.07, 6.45) is 1.67. The lowest BCUT2D eigenvalue weighted by Gasteiger charge is -2.06. The number of nitrogen functional groups attached to an aromatic ring is 1. The predicted octanol–water partition coefficient (Wildman–Crippen LogP) is 0.980. The highest BCUT2D eigenvalue weighted by Crippen LogP contribution is 2.26. The predicted molar refractivity (Wildman–Crippen MR) is 51.3 cm³/mol. The molecule has 0 atom stereocenters. The van der Waals surface area contributed by atoms with Crippen LogP contribution in [-0.4, -0.2) is 12.1 Å². The molecule has 0 aromatic carbocycles. The molecular weight excluding hydrogens is 257 g/mol. The highest BCUT2D eigenvalue weighted by Gasteiger charge is 2.05. The minimum Gasteiger partial charge on any atom is -0.492 e. The summed E-state index contributed by atoms with van der Waals surface area (Å²) in [5.41, 5.74) is 2.45. The van der Waals surface area contributed by atoms with Crippen molar-refractivity contribution in [1.29, 1.82) is 0 Å². The van der Waals surface area contributed by atoms with E-state index in [1.54, 1.807) is 13.3 Å². The van der Waals surface area contributed by atoms with Gasteiger partial charge in [-0.05, 0) is 28.7 Å². The van der Waals surface area contributed by atoms with Crippen LogP contribution in [0.1, 0.15) is 0 Å². The van der Waals surface area contributed by atoms with Gasteiger partial charge in [-0.25, -0.2) is 10.8 Å². The zero-order chi connectivity index (χ0) is 8.27. The molecule has 3 N–H and O–H groups in total. The maximum absolute atomic E-state index is 5.20. The number of nitrogens with two attached hydrogens (primary N) is 1. The van der Waals surface area contributed by atoms with Crippen LogP contribution in [0.4, 0.5) is 5.82 Å². The topological polar surface area (TPSA) is 60.2 Å². The Morgan fingerprint density at radius 1 is 1.73 bits per heavy atom. The number of hydrogen-bond acceptors (Lipinski definition) is 4. The Balaban J connectivity index is 3.13. The fraction of sp³-hybridized carbons (Fsp3) is 0.167. The summed E-state index contributed by atoms with van der Waals surface area (Å²) in [5.74, 6) is 6.43. The van der Waals surface area contributed by atoms with E-state index in [4.69, 9.17) is 10.6 Å². The first-order valence-corrected chi connectivity index (χ1v) is 4.02. The molecule has 0 amide bonds. The summed E-state index contributed by atoms with van der Waals surface area (Å²) in [6, 6.07) is 1.85. The Hall–Kier alpha value is -0.560. The average molecular weight is 265 g/mol. The van der Waals surface area contributed by atoms with Gasteiger partial charge in [0.2, 0.25) is 0 Å². The van der Waals surface area contributed by atoms with Crippen LogP contribution in [0, 0.1) is 3.57 Å². The summed E-state index contributed by atoms with van der Waals surface area (Å²) in [6.45, 7) is 0. The second-order valence-electron chi connectivity index (χ2n) is 1.82. The van der Waals surface area contributed by atoms with Crippen LogP contribution in [0.25, 0.3) is 0 Å². The van der Waals surface area contributed by atoms with E-state index in [1.807, 2.05) is 6.07 Å². The second kappa shape index (κ2) is 3.72. The van der Waals surface area contributed by atoms with Crippen molar-refractivity contribution < 1.29 is 4.74 Å². The first-order valence-electron chi connectivity index (χ1n) is 2.94. The standard InChI is InChI=1S/C6H8IN3O/c1-11-5-4(7)2-3-9-6(5)10-8/h2-3H,8H2,1H3,(H,9,10). The molecule has 0 spiro atoms. The van der Waals surface area contributed by atoms with Gasteiger partial charge in [-0.3, -0.25) is 0 Å². The summed E-state index contributed by atoms with van der Waals surface area (Å²) in [4.78, 5) is 3.96. The van der Waals surface area contributed by atoms with E-state index in [9.17, 15) is 0 Å². The van der Waals surface area contributed by atoms with Crippen LogP contribution in [0.3, 0.4) is 0 Å². The summed E-state index contributed by atoms with van der Waals surface area (Å²) in [7, 11) is 1.58. The van der Waals surface area contributed by atoms with Crippen LogP contribution in [0.2, 0.25) is 0 Å². The van der Waals surface area contributed by atoms with Crippen molar-refractivity contribution in [3.05, 3.63) is 15.8 Å². The van der Waals surface area contributed by atoms with Crippen molar-refractivity contribution >= 4 is 28.4 Å². The smallest absolute Gasteiger partial charge is 0.184 e. The molecule has 0 unspecified atom stereocenters. The van der Waals surface area contributed by atoms with Crippen LogP contribution < -0.4 is 16.0 Å². The Kier molecular flexibility index (Phi) is 2.89. The van der Waals surface area contributed by atoms with E-state index in [0.29, 0.717) is 11.6 Å². The molecule has 1 heterocycles. The Morgan fingerprint density at radius 2 is 2.45 bits per heavy atom. The third kappa shape index (κ3) is 1.72. The quantitative estimate of drug-likeness (QED) is 0.475. The van der Waals surface area contributed by atoms with E-state index >= 15 is 0 Å². The Labute approximate surface area is 78.3 Å². The number of hydrazine groups is 1. The van der Waals surface area contributed by atoms with Crippen molar-refractivity contribution in [3.63, 3.8) is 0 Å². The maximum Gasteiger partial charge on any atom is 0.184 e. The Bertz CT molecular complexity index is 254. The third-order valence-corrected chi connectivity index (χ3v) is 2.05. The average Bonchev–Trinajstić information content (AvgIpc) is 2.04. The Morgan fingerprint density at radius 3 is 2.91 bits per heavy atom. The summed E-state index contributed by atoms with van der Waals surface area (Å²) in [5, 5.41) is 0. The van der Waals surface area contributed by atoms with E-state index in [0.717, 1.165) is 3.57 Å². The molecule has 0 fully saturated rings. The molecule has 0 bridgehead atoms. The number of ether oxygens (including phenoxy) is 1. The molecule has 0 aliphatic heterocycles. The highest BCUT2D eigenvalue weighted by atomic mass is 127. The molecule has 5 heteroatoms. The number of nitrogens with one attached hydrogen (secondary N) is 1. The van der Waals surface area contributed by atoms with E-state index in [-0.39, 0.29) is 0 Å². The molecule has 11 heavy (non-hydrogen) atoms. The second-order valence-corrected chi connectivity index (χ2v) is 2.98. The zero-order valence-corrected chi connectivity index (χ0v) is 8.12. The minimum absolute atomic E-state index is 0.555. The molecule has 0 saturated carbocycles.